The topological polar surface area (TPSA) is 63.1 Å². The van der Waals surface area contributed by atoms with Crippen molar-refractivity contribution in [3.05, 3.63) is 52.1 Å². The average Bonchev–Trinajstić information content (AvgIpc) is 3.34. The third-order valence-corrected chi connectivity index (χ3v) is 5.79. The number of methoxy groups -OCH3 is 1. The molecule has 2 heterocycles. The Labute approximate surface area is 167 Å². The lowest BCUT2D eigenvalue weighted by Crippen LogP contribution is -2.30. The molecule has 0 bridgehead atoms. The van der Waals surface area contributed by atoms with Gasteiger partial charge in [0.05, 0.1) is 18.0 Å². The van der Waals surface area contributed by atoms with Crippen molar-refractivity contribution in [1.29, 1.82) is 0 Å². The normalized spacial score (nSPS) is 12.0. The number of nitrogens with one attached hydrogen (secondary N) is 1. The van der Waals surface area contributed by atoms with Gasteiger partial charge in [-0.2, -0.15) is 5.10 Å². The van der Waals surface area contributed by atoms with E-state index in [1.54, 1.807) is 23.3 Å². The van der Waals surface area contributed by atoms with E-state index >= 15 is 0 Å². The third-order valence-electron chi connectivity index (χ3n) is 4.61. The molecule has 0 aliphatic rings. The molecule has 27 heavy (non-hydrogen) atoms. The Morgan fingerprint density at radius 1 is 1.37 bits per heavy atom. The van der Waals surface area contributed by atoms with Gasteiger partial charge in [-0.1, -0.05) is 24.3 Å². The van der Waals surface area contributed by atoms with E-state index in [2.05, 4.69) is 10.2 Å². The summed E-state index contributed by atoms with van der Waals surface area (Å²) in [7, 11) is 3.45. The van der Waals surface area contributed by atoms with Crippen LogP contribution < -0.4 is 4.74 Å². The summed E-state index contributed by atoms with van der Waals surface area (Å²) in [6, 6.07) is 11.6. The van der Waals surface area contributed by atoms with Gasteiger partial charge in [0, 0.05) is 25.6 Å². The van der Waals surface area contributed by atoms with E-state index < -0.39 is 0 Å². The zero-order valence-corrected chi connectivity index (χ0v) is 17.1. The van der Waals surface area contributed by atoms with Gasteiger partial charge in [0.25, 0.3) is 0 Å². The molecule has 0 aliphatic heterocycles. The summed E-state index contributed by atoms with van der Waals surface area (Å²) in [5, 5.41) is 9.12. The van der Waals surface area contributed by atoms with Crippen LogP contribution in [-0.4, -0.2) is 39.7 Å². The van der Waals surface area contributed by atoms with E-state index in [1.807, 2.05) is 60.3 Å². The average molecular weight is 403 g/mol. The van der Waals surface area contributed by atoms with Crippen LogP contribution in [0.2, 0.25) is 0 Å². The molecule has 0 aliphatic carbocycles. The van der Waals surface area contributed by atoms with E-state index in [0.29, 0.717) is 17.7 Å². The highest BCUT2D eigenvalue weighted by Gasteiger charge is 2.21. The first-order chi connectivity index (χ1) is 13.0. The standard InChI is InChI=1S/C19H22N4O2S2/c1-13(14-7-4-5-8-15(14)25-3)22(2)17(24)10-11-23-18(20-21-19(23)26)16-9-6-12-27-16/h4-9,12-13H,10-11H2,1-3H3,(H,21,26). The van der Waals surface area contributed by atoms with Crippen molar-refractivity contribution < 1.29 is 9.53 Å². The summed E-state index contributed by atoms with van der Waals surface area (Å²) < 4.78 is 7.82. The van der Waals surface area contributed by atoms with Gasteiger partial charge in [-0.3, -0.25) is 14.5 Å². The number of aromatic nitrogens is 3. The minimum Gasteiger partial charge on any atom is -0.496 e. The van der Waals surface area contributed by atoms with Gasteiger partial charge in [0.15, 0.2) is 10.6 Å². The van der Waals surface area contributed by atoms with E-state index in [1.165, 1.54) is 0 Å². The van der Waals surface area contributed by atoms with Gasteiger partial charge in [0.1, 0.15) is 5.75 Å². The Balaban J connectivity index is 1.71. The van der Waals surface area contributed by atoms with Crippen molar-refractivity contribution in [2.75, 3.05) is 14.2 Å². The number of hydrogen-bond acceptors (Lipinski definition) is 5. The largest absolute Gasteiger partial charge is 0.496 e. The monoisotopic (exact) mass is 402 g/mol. The fourth-order valence-electron chi connectivity index (χ4n) is 2.94. The number of ether oxygens (including phenoxy) is 1. The van der Waals surface area contributed by atoms with Crippen molar-refractivity contribution in [3.8, 4) is 16.5 Å². The van der Waals surface area contributed by atoms with Gasteiger partial charge >= 0.3 is 0 Å². The van der Waals surface area contributed by atoms with Crippen LogP contribution in [0.15, 0.2) is 41.8 Å². The number of rotatable bonds is 7. The molecule has 0 saturated carbocycles. The highest BCUT2D eigenvalue weighted by Crippen LogP contribution is 2.28. The molecule has 1 unspecified atom stereocenters. The van der Waals surface area contributed by atoms with Crippen molar-refractivity contribution >= 4 is 29.5 Å². The predicted molar refractivity (Wildman–Crippen MR) is 110 cm³/mol. The van der Waals surface area contributed by atoms with Crippen LogP contribution in [0.25, 0.3) is 10.7 Å². The molecule has 142 valence electrons. The molecule has 2 aromatic heterocycles. The van der Waals surface area contributed by atoms with Crippen LogP contribution in [0.4, 0.5) is 0 Å². The lowest BCUT2D eigenvalue weighted by molar-refractivity contribution is -0.132. The van der Waals surface area contributed by atoms with Crippen LogP contribution in [0.3, 0.4) is 0 Å². The van der Waals surface area contributed by atoms with Crippen LogP contribution in [-0.2, 0) is 11.3 Å². The molecule has 1 atom stereocenters. The third kappa shape index (κ3) is 4.12. The second-order valence-electron chi connectivity index (χ2n) is 6.15. The predicted octanol–water partition coefficient (Wildman–Crippen LogP) is 4.29. The van der Waals surface area contributed by atoms with E-state index in [4.69, 9.17) is 17.0 Å². The molecule has 3 aromatic rings. The van der Waals surface area contributed by atoms with Crippen molar-refractivity contribution in [2.45, 2.75) is 25.9 Å². The number of benzene rings is 1. The van der Waals surface area contributed by atoms with Gasteiger partial charge in [-0.25, -0.2) is 0 Å². The Morgan fingerprint density at radius 3 is 2.85 bits per heavy atom. The summed E-state index contributed by atoms with van der Waals surface area (Å²) in [6.07, 6.45) is 0.336. The number of hydrogen-bond donors (Lipinski definition) is 1. The van der Waals surface area contributed by atoms with Crippen LogP contribution in [0, 0.1) is 4.77 Å². The van der Waals surface area contributed by atoms with Crippen molar-refractivity contribution in [1.82, 2.24) is 19.7 Å². The lowest BCUT2D eigenvalue weighted by atomic mass is 10.1. The summed E-state index contributed by atoms with van der Waals surface area (Å²) in [4.78, 5) is 15.5. The maximum absolute atomic E-state index is 12.8. The molecule has 0 fully saturated rings. The smallest absolute Gasteiger partial charge is 0.224 e. The number of carbonyl (C=O) groups is 1. The summed E-state index contributed by atoms with van der Waals surface area (Å²) in [5.74, 6) is 1.58. The molecule has 0 radical (unpaired) electrons. The maximum atomic E-state index is 12.8. The minimum atomic E-state index is -0.0947. The number of carbonyl (C=O) groups excluding carboxylic acids is 1. The zero-order valence-electron chi connectivity index (χ0n) is 15.5. The Bertz CT molecular complexity index is 962. The molecule has 1 aromatic carbocycles. The SMILES string of the molecule is COc1ccccc1C(C)N(C)C(=O)CCn1c(-c2cccs2)n[nH]c1=S. The molecule has 1 N–H and O–H groups in total. The molecular weight excluding hydrogens is 380 g/mol. The molecule has 3 rings (SSSR count). The van der Waals surface area contributed by atoms with E-state index in [-0.39, 0.29) is 11.9 Å². The first-order valence-corrected chi connectivity index (χ1v) is 9.89. The number of amides is 1. The van der Waals surface area contributed by atoms with Gasteiger partial charge < -0.3 is 9.64 Å². The highest BCUT2D eigenvalue weighted by molar-refractivity contribution is 7.71. The van der Waals surface area contributed by atoms with Gasteiger partial charge in [0.2, 0.25) is 5.91 Å². The minimum absolute atomic E-state index is 0.0358. The fourth-order valence-corrected chi connectivity index (χ4v) is 3.88. The summed E-state index contributed by atoms with van der Waals surface area (Å²) in [6.45, 7) is 2.47. The van der Waals surface area contributed by atoms with Gasteiger partial charge in [-0.15, -0.1) is 11.3 Å². The van der Waals surface area contributed by atoms with Crippen LogP contribution >= 0.6 is 23.6 Å². The van der Waals surface area contributed by atoms with Gasteiger partial charge in [-0.05, 0) is 36.7 Å². The Morgan fingerprint density at radius 2 is 2.15 bits per heavy atom. The molecule has 6 nitrogen and oxygen atoms in total. The Hall–Kier alpha value is -2.45. The highest BCUT2D eigenvalue weighted by atomic mass is 32.1. The number of para-hydroxylation sites is 1. The second-order valence-corrected chi connectivity index (χ2v) is 7.49. The lowest BCUT2D eigenvalue weighted by Gasteiger charge is -2.26. The number of thiophene rings is 1. The molecule has 8 heteroatoms. The fraction of sp³-hybridized carbons (Fsp3) is 0.316. The van der Waals surface area contributed by atoms with Crippen molar-refractivity contribution in [2.24, 2.45) is 0 Å². The van der Waals surface area contributed by atoms with E-state index in [9.17, 15) is 4.79 Å². The number of nitrogens with zero attached hydrogens (tertiary/aromatic N) is 3. The van der Waals surface area contributed by atoms with E-state index in [0.717, 1.165) is 22.0 Å². The number of aromatic amines is 1. The quantitative estimate of drug-likeness (QED) is 0.599. The molecule has 0 spiro atoms. The summed E-state index contributed by atoms with van der Waals surface area (Å²) in [5.41, 5.74) is 0.982. The van der Waals surface area contributed by atoms with Crippen molar-refractivity contribution in [3.63, 3.8) is 0 Å². The number of H-pyrrole nitrogens is 1. The molecule has 1 amide bonds. The van der Waals surface area contributed by atoms with Crippen LogP contribution in [0.1, 0.15) is 24.9 Å². The second kappa shape index (κ2) is 8.49. The van der Waals surface area contributed by atoms with Crippen LogP contribution in [0.5, 0.6) is 5.75 Å². The summed E-state index contributed by atoms with van der Waals surface area (Å²) >= 11 is 6.93. The molecular formula is C19H22N4O2S2. The zero-order chi connectivity index (χ0) is 19.4. The first-order valence-electron chi connectivity index (χ1n) is 8.60. The molecule has 0 saturated heterocycles. The maximum Gasteiger partial charge on any atom is 0.224 e. The first kappa shape index (κ1) is 19.3. The Kier molecular flexibility index (Phi) is 6.08.